The van der Waals surface area contributed by atoms with Crippen molar-refractivity contribution < 1.29 is 0 Å². The van der Waals surface area contributed by atoms with Crippen LogP contribution in [-0.2, 0) is 6.54 Å². The van der Waals surface area contributed by atoms with Crippen LogP contribution in [0.25, 0.3) is 0 Å². The third-order valence-electron chi connectivity index (χ3n) is 3.39. The Kier molecular flexibility index (Phi) is 3.03. The Hall–Kier alpha value is -2.17. The van der Waals surface area contributed by atoms with Crippen molar-refractivity contribution in [3.05, 3.63) is 52.3 Å². The molecule has 0 amide bonds. The topological polar surface area (TPSA) is 59.8 Å². The highest BCUT2D eigenvalue weighted by atomic mass is 16.1. The number of nitrogens with one attached hydrogen (secondary N) is 1. The Bertz CT molecular complexity index is 646. The number of pyridine rings is 1. The average molecular weight is 256 g/mol. The number of hydrogen-bond acceptors (Lipinski definition) is 4. The standard InChI is InChI=1S/C14H16N4O/c1-10-8-15-5-4-11(10)9-17-13-14(19)18(7-6-16-13)12-2-3-12/h4-8,12H,2-3,9H2,1H3,(H,16,17). The van der Waals surface area contributed by atoms with Crippen molar-refractivity contribution in [2.75, 3.05) is 5.32 Å². The molecule has 1 N–H and O–H groups in total. The number of aryl methyl sites for hydroxylation is 1. The smallest absolute Gasteiger partial charge is 0.293 e. The van der Waals surface area contributed by atoms with E-state index < -0.39 is 0 Å². The summed E-state index contributed by atoms with van der Waals surface area (Å²) in [5.41, 5.74) is 2.20. The molecule has 1 fully saturated rings. The van der Waals surface area contributed by atoms with Crippen LogP contribution in [0.15, 0.2) is 35.6 Å². The summed E-state index contributed by atoms with van der Waals surface area (Å²) in [6.07, 6.45) is 9.20. The molecule has 5 heteroatoms. The fourth-order valence-corrected chi connectivity index (χ4v) is 2.07. The summed E-state index contributed by atoms with van der Waals surface area (Å²) in [4.78, 5) is 20.4. The van der Waals surface area contributed by atoms with Gasteiger partial charge in [0, 0.05) is 37.4 Å². The first-order valence-electron chi connectivity index (χ1n) is 6.46. The SMILES string of the molecule is Cc1cnccc1CNc1nccn(C2CC2)c1=O. The lowest BCUT2D eigenvalue weighted by Crippen LogP contribution is -2.23. The summed E-state index contributed by atoms with van der Waals surface area (Å²) in [6.45, 7) is 2.59. The number of hydrogen-bond donors (Lipinski definition) is 1. The van der Waals surface area contributed by atoms with E-state index in [1.54, 1.807) is 23.2 Å². The van der Waals surface area contributed by atoms with Crippen LogP contribution in [0.1, 0.15) is 30.0 Å². The molecule has 0 saturated heterocycles. The van der Waals surface area contributed by atoms with Gasteiger partial charge in [-0.15, -0.1) is 0 Å². The van der Waals surface area contributed by atoms with Crippen molar-refractivity contribution in [1.82, 2.24) is 14.5 Å². The molecule has 5 nitrogen and oxygen atoms in total. The van der Waals surface area contributed by atoms with Crippen LogP contribution in [0.2, 0.25) is 0 Å². The third kappa shape index (κ3) is 2.50. The monoisotopic (exact) mass is 256 g/mol. The molecular weight excluding hydrogens is 240 g/mol. The lowest BCUT2D eigenvalue weighted by atomic mass is 10.1. The first kappa shape index (κ1) is 11.9. The van der Waals surface area contributed by atoms with E-state index in [-0.39, 0.29) is 5.56 Å². The van der Waals surface area contributed by atoms with Gasteiger partial charge in [0.25, 0.3) is 5.56 Å². The highest BCUT2D eigenvalue weighted by molar-refractivity contribution is 5.34. The number of anilines is 1. The van der Waals surface area contributed by atoms with E-state index >= 15 is 0 Å². The van der Waals surface area contributed by atoms with Crippen molar-refractivity contribution in [2.24, 2.45) is 0 Å². The van der Waals surface area contributed by atoms with Gasteiger partial charge in [-0.3, -0.25) is 9.78 Å². The van der Waals surface area contributed by atoms with Crippen LogP contribution in [0.5, 0.6) is 0 Å². The first-order chi connectivity index (χ1) is 9.25. The molecule has 98 valence electrons. The Morgan fingerprint density at radius 2 is 2.26 bits per heavy atom. The summed E-state index contributed by atoms with van der Waals surface area (Å²) in [7, 11) is 0. The highest BCUT2D eigenvalue weighted by Crippen LogP contribution is 2.33. The van der Waals surface area contributed by atoms with Gasteiger partial charge in [-0.1, -0.05) is 0 Å². The number of nitrogens with zero attached hydrogens (tertiary/aromatic N) is 3. The number of rotatable bonds is 4. The molecule has 2 aromatic rings. The van der Waals surface area contributed by atoms with E-state index in [0.717, 1.165) is 24.0 Å². The largest absolute Gasteiger partial charge is 0.361 e. The fraction of sp³-hybridized carbons (Fsp3) is 0.357. The van der Waals surface area contributed by atoms with Crippen LogP contribution in [-0.4, -0.2) is 14.5 Å². The van der Waals surface area contributed by atoms with E-state index in [1.165, 1.54) is 0 Å². The minimum absolute atomic E-state index is 0.0308. The van der Waals surface area contributed by atoms with Crippen LogP contribution in [0.4, 0.5) is 5.82 Å². The van der Waals surface area contributed by atoms with Gasteiger partial charge in [0.05, 0.1) is 0 Å². The zero-order valence-electron chi connectivity index (χ0n) is 10.8. The van der Waals surface area contributed by atoms with E-state index in [0.29, 0.717) is 18.4 Å². The maximum absolute atomic E-state index is 12.2. The van der Waals surface area contributed by atoms with Gasteiger partial charge in [0.15, 0.2) is 5.82 Å². The van der Waals surface area contributed by atoms with Gasteiger partial charge in [-0.25, -0.2) is 4.98 Å². The van der Waals surface area contributed by atoms with Crippen molar-refractivity contribution >= 4 is 5.82 Å². The minimum Gasteiger partial charge on any atom is -0.361 e. The predicted octanol–water partition coefficient (Wildman–Crippen LogP) is 1.89. The van der Waals surface area contributed by atoms with Gasteiger partial charge in [0.2, 0.25) is 0 Å². The maximum Gasteiger partial charge on any atom is 0.293 e. The van der Waals surface area contributed by atoms with Crippen molar-refractivity contribution in [2.45, 2.75) is 32.4 Å². The Morgan fingerprint density at radius 3 is 3.00 bits per heavy atom. The number of aromatic nitrogens is 3. The zero-order valence-corrected chi connectivity index (χ0v) is 10.8. The summed E-state index contributed by atoms with van der Waals surface area (Å²) in [5, 5.41) is 3.12. The van der Waals surface area contributed by atoms with Crippen LogP contribution >= 0.6 is 0 Å². The molecule has 0 radical (unpaired) electrons. The van der Waals surface area contributed by atoms with E-state index in [1.807, 2.05) is 19.2 Å². The fourth-order valence-electron chi connectivity index (χ4n) is 2.07. The molecule has 0 aliphatic heterocycles. The summed E-state index contributed by atoms with van der Waals surface area (Å²) in [6, 6.07) is 2.32. The quantitative estimate of drug-likeness (QED) is 0.907. The molecule has 3 rings (SSSR count). The molecule has 0 unspecified atom stereocenters. The minimum atomic E-state index is -0.0308. The van der Waals surface area contributed by atoms with Crippen LogP contribution in [0.3, 0.4) is 0 Å². The summed E-state index contributed by atoms with van der Waals surface area (Å²) >= 11 is 0. The molecule has 0 bridgehead atoms. The molecule has 0 atom stereocenters. The summed E-state index contributed by atoms with van der Waals surface area (Å²) < 4.78 is 1.77. The Balaban J connectivity index is 1.79. The molecule has 2 heterocycles. The lowest BCUT2D eigenvalue weighted by molar-refractivity contribution is 0.699. The molecule has 1 aliphatic rings. The molecular formula is C14H16N4O. The lowest BCUT2D eigenvalue weighted by Gasteiger charge is -2.09. The molecule has 1 saturated carbocycles. The van der Waals surface area contributed by atoms with Crippen LogP contribution < -0.4 is 10.9 Å². The second kappa shape index (κ2) is 4.84. The van der Waals surface area contributed by atoms with Gasteiger partial charge in [0.1, 0.15) is 0 Å². The first-order valence-corrected chi connectivity index (χ1v) is 6.46. The van der Waals surface area contributed by atoms with Crippen molar-refractivity contribution in [3.8, 4) is 0 Å². The molecule has 1 aliphatic carbocycles. The molecule has 0 aromatic carbocycles. The predicted molar refractivity (Wildman–Crippen MR) is 73.1 cm³/mol. The Morgan fingerprint density at radius 1 is 1.42 bits per heavy atom. The second-order valence-corrected chi connectivity index (χ2v) is 4.88. The Labute approximate surface area is 111 Å². The highest BCUT2D eigenvalue weighted by Gasteiger charge is 2.25. The molecule has 2 aromatic heterocycles. The molecule has 19 heavy (non-hydrogen) atoms. The van der Waals surface area contributed by atoms with Gasteiger partial charge >= 0.3 is 0 Å². The van der Waals surface area contributed by atoms with E-state index in [4.69, 9.17) is 0 Å². The normalized spacial score (nSPS) is 14.4. The van der Waals surface area contributed by atoms with Gasteiger partial charge in [-0.2, -0.15) is 0 Å². The van der Waals surface area contributed by atoms with Crippen LogP contribution in [0, 0.1) is 6.92 Å². The second-order valence-electron chi connectivity index (χ2n) is 4.88. The molecule has 0 spiro atoms. The van der Waals surface area contributed by atoms with E-state index in [9.17, 15) is 4.79 Å². The van der Waals surface area contributed by atoms with Crippen molar-refractivity contribution in [3.63, 3.8) is 0 Å². The van der Waals surface area contributed by atoms with Gasteiger partial charge < -0.3 is 9.88 Å². The van der Waals surface area contributed by atoms with Crippen molar-refractivity contribution in [1.29, 1.82) is 0 Å². The third-order valence-corrected chi connectivity index (χ3v) is 3.39. The summed E-state index contributed by atoms with van der Waals surface area (Å²) in [5.74, 6) is 0.422. The maximum atomic E-state index is 12.2. The zero-order chi connectivity index (χ0) is 13.2. The van der Waals surface area contributed by atoms with E-state index in [2.05, 4.69) is 15.3 Å². The van der Waals surface area contributed by atoms with Gasteiger partial charge in [-0.05, 0) is 37.0 Å². The average Bonchev–Trinajstić information content (AvgIpc) is 3.24.